The van der Waals surface area contributed by atoms with E-state index in [1.165, 1.54) is 20.9 Å². The molecular formula is C24H25N3O5. The molecule has 0 amide bonds. The first kappa shape index (κ1) is 21.6. The lowest BCUT2D eigenvalue weighted by Gasteiger charge is -2.29. The summed E-state index contributed by atoms with van der Waals surface area (Å²) in [6.45, 7) is 2.12. The van der Waals surface area contributed by atoms with Crippen molar-refractivity contribution < 1.29 is 14.3 Å². The van der Waals surface area contributed by atoms with Gasteiger partial charge in [-0.2, -0.15) is 0 Å². The van der Waals surface area contributed by atoms with E-state index in [4.69, 9.17) is 9.47 Å². The molecule has 2 atom stereocenters. The molecular weight excluding hydrogens is 410 g/mol. The van der Waals surface area contributed by atoms with E-state index in [0.717, 1.165) is 5.56 Å². The summed E-state index contributed by atoms with van der Waals surface area (Å²) >= 11 is 0. The number of ether oxygens (including phenoxy) is 2. The molecule has 8 heteroatoms. The molecule has 0 bridgehead atoms. The van der Waals surface area contributed by atoms with Gasteiger partial charge in [0.25, 0.3) is 0 Å². The average Bonchev–Trinajstić information content (AvgIpc) is 3.07. The number of allylic oxidation sites excluding steroid dienone is 1. The van der Waals surface area contributed by atoms with Crippen molar-refractivity contribution in [1.29, 1.82) is 0 Å². The number of esters is 1. The van der Waals surface area contributed by atoms with Crippen molar-refractivity contribution >= 4 is 5.97 Å². The van der Waals surface area contributed by atoms with Crippen LogP contribution in [0.3, 0.4) is 0 Å². The average molecular weight is 435 g/mol. The van der Waals surface area contributed by atoms with Crippen LogP contribution in [0.5, 0.6) is 0 Å². The third-order valence-corrected chi connectivity index (χ3v) is 5.36. The summed E-state index contributed by atoms with van der Waals surface area (Å²) in [5.74, 6) is -0.379. The van der Waals surface area contributed by atoms with E-state index < -0.39 is 23.5 Å². The van der Waals surface area contributed by atoms with E-state index in [1.54, 1.807) is 24.3 Å². The summed E-state index contributed by atoms with van der Waals surface area (Å²) in [4.78, 5) is 37.6. The van der Waals surface area contributed by atoms with Gasteiger partial charge >= 0.3 is 17.3 Å². The number of aromatic nitrogens is 3. The van der Waals surface area contributed by atoms with Gasteiger partial charge in [-0.3, -0.25) is 4.79 Å². The smallest absolute Gasteiger partial charge is 0.352 e. The number of nitrogens with zero attached hydrogens (tertiary/aromatic N) is 3. The van der Waals surface area contributed by atoms with Crippen LogP contribution in [-0.4, -0.2) is 32.6 Å². The summed E-state index contributed by atoms with van der Waals surface area (Å²) in [6, 6.07) is 18.0. The number of para-hydroxylation sites is 1. The maximum Gasteiger partial charge on any atom is 0.352 e. The molecule has 0 saturated heterocycles. The molecule has 1 aromatic heterocycles. The molecule has 8 nitrogen and oxygen atoms in total. The van der Waals surface area contributed by atoms with Gasteiger partial charge in [0.15, 0.2) is 0 Å². The standard InChI is InChI=1S/C24H25N3O5/c1-18(28)31-16-14-22(32-17-19-9-4-2-5-10-19)21-13-8-15-25-23(29)26(24(30)27(21)25)20-11-6-3-7-12-20/h2-13,21-22H,14-17H2,1H3/t21-,22+/m0/s1. The highest BCUT2D eigenvalue weighted by Crippen LogP contribution is 2.23. The summed E-state index contributed by atoms with van der Waals surface area (Å²) in [5, 5.41) is 0. The zero-order valence-corrected chi connectivity index (χ0v) is 17.8. The lowest BCUT2D eigenvalue weighted by Crippen LogP contribution is -2.39. The topological polar surface area (TPSA) is 84.5 Å². The second kappa shape index (κ2) is 9.65. The second-order valence-corrected chi connectivity index (χ2v) is 7.55. The highest BCUT2D eigenvalue weighted by atomic mass is 16.5. The maximum absolute atomic E-state index is 13.3. The molecule has 0 saturated carbocycles. The minimum absolute atomic E-state index is 0.150. The summed E-state index contributed by atoms with van der Waals surface area (Å²) < 4.78 is 15.3. The quantitative estimate of drug-likeness (QED) is 0.401. The Morgan fingerprint density at radius 2 is 1.72 bits per heavy atom. The monoisotopic (exact) mass is 435 g/mol. The van der Waals surface area contributed by atoms with E-state index >= 15 is 0 Å². The molecule has 1 aliphatic heterocycles. The first-order chi connectivity index (χ1) is 15.6. The van der Waals surface area contributed by atoms with E-state index in [1.807, 2.05) is 48.6 Å². The lowest BCUT2D eigenvalue weighted by molar-refractivity contribution is -0.142. The van der Waals surface area contributed by atoms with Gasteiger partial charge in [0, 0.05) is 13.3 Å². The normalized spacial score (nSPS) is 15.8. The molecule has 166 valence electrons. The molecule has 32 heavy (non-hydrogen) atoms. The van der Waals surface area contributed by atoms with Crippen molar-refractivity contribution in [2.45, 2.75) is 38.6 Å². The first-order valence-electron chi connectivity index (χ1n) is 10.5. The van der Waals surface area contributed by atoms with Crippen LogP contribution in [0.1, 0.15) is 24.9 Å². The van der Waals surface area contributed by atoms with Crippen LogP contribution in [0.15, 0.2) is 82.4 Å². The van der Waals surface area contributed by atoms with Crippen LogP contribution in [0.2, 0.25) is 0 Å². The van der Waals surface area contributed by atoms with Crippen molar-refractivity contribution in [2.24, 2.45) is 0 Å². The molecule has 3 aromatic rings. The van der Waals surface area contributed by atoms with Crippen molar-refractivity contribution in [3.8, 4) is 5.69 Å². The van der Waals surface area contributed by atoms with Gasteiger partial charge in [0.05, 0.1) is 31.5 Å². The molecule has 0 N–H and O–H groups in total. The number of fused-ring (bicyclic) bond motifs is 1. The predicted octanol–water partition coefficient (Wildman–Crippen LogP) is 2.45. The van der Waals surface area contributed by atoms with Gasteiger partial charge in [-0.1, -0.05) is 60.7 Å². The van der Waals surface area contributed by atoms with E-state index in [9.17, 15) is 14.4 Å². The summed E-state index contributed by atoms with van der Waals surface area (Å²) in [6.07, 6.45) is 3.62. The van der Waals surface area contributed by atoms with Gasteiger partial charge in [-0.15, -0.1) is 0 Å². The fourth-order valence-corrected chi connectivity index (χ4v) is 3.86. The summed E-state index contributed by atoms with van der Waals surface area (Å²) in [7, 11) is 0. The third kappa shape index (κ3) is 4.50. The minimum Gasteiger partial charge on any atom is -0.466 e. The van der Waals surface area contributed by atoms with Gasteiger partial charge in [0.1, 0.15) is 6.04 Å². The molecule has 0 aliphatic carbocycles. The Kier molecular flexibility index (Phi) is 6.51. The molecule has 1 aliphatic rings. The van der Waals surface area contributed by atoms with Gasteiger partial charge in [-0.25, -0.2) is 23.5 Å². The van der Waals surface area contributed by atoms with Crippen LogP contribution in [0.25, 0.3) is 5.69 Å². The van der Waals surface area contributed by atoms with Crippen LogP contribution in [-0.2, 0) is 27.4 Å². The second-order valence-electron chi connectivity index (χ2n) is 7.55. The molecule has 0 radical (unpaired) electrons. The number of hydrogen-bond acceptors (Lipinski definition) is 5. The Hall–Kier alpha value is -3.65. The molecule has 4 rings (SSSR count). The van der Waals surface area contributed by atoms with Gasteiger partial charge in [-0.05, 0) is 17.7 Å². The molecule has 2 heterocycles. The zero-order valence-electron chi connectivity index (χ0n) is 17.8. The largest absolute Gasteiger partial charge is 0.466 e. The fraction of sp³-hybridized carbons (Fsp3) is 0.292. The molecule has 0 unspecified atom stereocenters. The van der Waals surface area contributed by atoms with E-state index in [2.05, 4.69) is 0 Å². The van der Waals surface area contributed by atoms with E-state index in [-0.39, 0.29) is 12.6 Å². The Labute approximate surface area is 184 Å². The van der Waals surface area contributed by atoms with E-state index in [0.29, 0.717) is 25.3 Å². The van der Waals surface area contributed by atoms with Crippen molar-refractivity contribution in [2.75, 3.05) is 6.61 Å². The van der Waals surface area contributed by atoms with Crippen LogP contribution < -0.4 is 11.4 Å². The maximum atomic E-state index is 13.3. The van der Waals surface area contributed by atoms with Crippen molar-refractivity contribution in [3.05, 3.63) is 99.3 Å². The van der Waals surface area contributed by atoms with Crippen molar-refractivity contribution in [1.82, 2.24) is 13.9 Å². The number of benzene rings is 2. The zero-order chi connectivity index (χ0) is 22.5. The molecule has 2 aromatic carbocycles. The Morgan fingerprint density at radius 3 is 2.41 bits per heavy atom. The van der Waals surface area contributed by atoms with Crippen molar-refractivity contribution in [3.63, 3.8) is 0 Å². The predicted molar refractivity (Wildman–Crippen MR) is 119 cm³/mol. The van der Waals surface area contributed by atoms with Gasteiger partial charge in [0.2, 0.25) is 0 Å². The third-order valence-electron chi connectivity index (χ3n) is 5.36. The Bertz CT molecular complexity index is 1210. The number of carbonyl (C=O) groups excluding carboxylic acids is 1. The first-order valence-corrected chi connectivity index (χ1v) is 10.5. The highest BCUT2D eigenvalue weighted by molar-refractivity contribution is 5.65. The molecule has 0 spiro atoms. The summed E-state index contributed by atoms with van der Waals surface area (Å²) in [5.41, 5.74) is 0.655. The number of rotatable bonds is 8. The fourth-order valence-electron chi connectivity index (χ4n) is 3.86. The van der Waals surface area contributed by atoms with Crippen LogP contribution in [0, 0.1) is 0 Å². The van der Waals surface area contributed by atoms with Crippen LogP contribution in [0.4, 0.5) is 0 Å². The van der Waals surface area contributed by atoms with Gasteiger partial charge < -0.3 is 9.47 Å². The Morgan fingerprint density at radius 1 is 1.03 bits per heavy atom. The SMILES string of the molecule is CC(=O)OCC[C@@H](OCc1ccccc1)[C@@H]1C=CCn2c(=O)n(-c3ccccc3)c(=O)n21. The molecule has 0 fully saturated rings. The highest BCUT2D eigenvalue weighted by Gasteiger charge is 2.30. The Balaban J connectivity index is 1.68. The number of carbonyl (C=O) groups is 1. The van der Waals surface area contributed by atoms with Crippen LogP contribution >= 0.6 is 0 Å². The number of hydrogen-bond donors (Lipinski definition) is 0. The minimum atomic E-state index is -0.520. The lowest BCUT2D eigenvalue weighted by atomic mass is 10.1.